The zero-order valence-corrected chi connectivity index (χ0v) is 12.9. The highest BCUT2D eigenvalue weighted by molar-refractivity contribution is 7.99. The minimum atomic E-state index is 0.310. The van der Waals surface area contributed by atoms with Crippen molar-refractivity contribution in [1.29, 1.82) is 0 Å². The summed E-state index contributed by atoms with van der Waals surface area (Å²) in [6.07, 6.45) is 0. The minimum Gasteiger partial charge on any atom is -0.210 e. The molecule has 0 atom stereocenters. The fourth-order valence-corrected chi connectivity index (χ4v) is 4.08. The first-order valence-electron chi connectivity index (χ1n) is 5.80. The van der Waals surface area contributed by atoms with E-state index in [0.29, 0.717) is 5.28 Å². The van der Waals surface area contributed by atoms with Crippen molar-refractivity contribution in [3.8, 4) is 0 Å². The number of benzene rings is 1. The van der Waals surface area contributed by atoms with Crippen molar-refractivity contribution in [3.05, 3.63) is 46.1 Å². The average Bonchev–Trinajstić information content (AvgIpc) is 2.69. The monoisotopic (exact) mass is 306 g/mol. The number of hydrogen-bond donors (Lipinski definition) is 0. The summed E-state index contributed by atoms with van der Waals surface area (Å²) in [7, 11) is 0. The molecule has 0 radical (unpaired) electrons. The van der Waals surface area contributed by atoms with E-state index in [1.54, 1.807) is 23.1 Å². The average molecular weight is 307 g/mol. The normalized spacial score (nSPS) is 11.1. The lowest BCUT2D eigenvalue weighted by atomic mass is 10.2. The number of aromatic nitrogens is 2. The van der Waals surface area contributed by atoms with E-state index in [4.69, 9.17) is 11.6 Å². The van der Waals surface area contributed by atoms with Crippen LogP contribution in [0.4, 0.5) is 0 Å². The molecule has 5 heteroatoms. The largest absolute Gasteiger partial charge is 0.224 e. The van der Waals surface area contributed by atoms with Crippen LogP contribution in [0.15, 0.2) is 40.3 Å². The molecule has 0 unspecified atom stereocenters. The van der Waals surface area contributed by atoms with E-state index >= 15 is 0 Å². The van der Waals surface area contributed by atoms with E-state index in [0.717, 1.165) is 15.2 Å². The fraction of sp³-hybridized carbons (Fsp3) is 0.143. The molecule has 3 aromatic rings. The van der Waals surface area contributed by atoms with E-state index in [1.165, 1.54) is 15.3 Å². The van der Waals surface area contributed by atoms with E-state index in [2.05, 4.69) is 54.1 Å². The zero-order valence-electron chi connectivity index (χ0n) is 10.5. The van der Waals surface area contributed by atoms with Gasteiger partial charge in [-0.25, -0.2) is 9.97 Å². The Morgan fingerprint density at radius 2 is 2.00 bits per heavy atom. The molecule has 0 saturated heterocycles. The second-order valence-electron chi connectivity index (χ2n) is 4.29. The molecule has 0 N–H and O–H groups in total. The SMILES string of the molecule is Cc1cccc(Sc2nc(Cl)nc3sc(C)cc23)c1. The minimum absolute atomic E-state index is 0.310. The summed E-state index contributed by atoms with van der Waals surface area (Å²) in [4.78, 5) is 12.0. The lowest BCUT2D eigenvalue weighted by Crippen LogP contribution is -1.86. The van der Waals surface area contributed by atoms with Gasteiger partial charge in [0.05, 0.1) is 0 Å². The zero-order chi connectivity index (χ0) is 13.4. The van der Waals surface area contributed by atoms with Gasteiger partial charge < -0.3 is 0 Å². The quantitative estimate of drug-likeness (QED) is 0.486. The molecule has 0 aliphatic rings. The third-order valence-corrected chi connectivity index (χ3v) is 4.77. The molecule has 0 aliphatic heterocycles. The Labute approximate surface area is 124 Å². The second-order valence-corrected chi connectivity index (χ2v) is 6.93. The third kappa shape index (κ3) is 2.76. The molecule has 2 nitrogen and oxygen atoms in total. The van der Waals surface area contributed by atoms with E-state index < -0.39 is 0 Å². The molecule has 2 aromatic heterocycles. The fourth-order valence-electron chi connectivity index (χ4n) is 1.86. The highest BCUT2D eigenvalue weighted by Gasteiger charge is 2.11. The molecule has 0 amide bonds. The van der Waals surface area contributed by atoms with Gasteiger partial charge in [-0.1, -0.05) is 29.5 Å². The van der Waals surface area contributed by atoms with Crippen LogP contribution in [-0.2, 0) is 0 Å². The Morgan fingerprint density at radius 1 is 1.16 bits per heavy atom. The topological polar surface area (TPSA) is 25.8 Å². The van der Waals surface area contributed by atoms with Crippen molar-refractivity contribution >= 4 is 44.9 Å². The molecule has 0 aliphatic carbocycles. The Bertz CT molecular complexity index is 752. The number of hydrogen-bond acceptors (Lipinski definition) is 4. The molecular weight excluding hydrogens is 296 g/mol. The van der Waals surface area contributed by atoms with Crippen LogP contribution in [0.1, 0.15) is 10.4 Å². The lowest BCUT2D eigenvalue weighted by molar-refractivity contribution is 1.11. The molecular formula is C14H11ClN2S2. The number of thiophene rings is 1. The van der Waals surface area contributed by atoms with E-state index in [9.17, 15) is 0 Å². The lowest BCUT2D eigenvalue weighted by Gasteiger charge is -2.03. The van der Waals surface area contributed by atoms with Gasteiger partial charge in [-0.2, -0.15) is 0 Å². The van der Waals surface area contributed by atoms with Gasteiger partial charge in [-0.3, -0.25) is 0 Å². The first-order chi connectivity index (χ1) is 9.11. The van der Waals surface area contributed by atoms with Crippen LogP contribution >= 0.6 is 34.7 Å². The van der Waals surface area contributed by atoms with Crippen molar-refractivity contribution in [2.45, 2.75) is 23.8 Å². The summed E-state index contributed by atoms with van der Waals surface area (Å²) < 4.78 is 0. The van der Waals surface area contributed by atoms with E-state index in [1.807, 2.05) is 0 Å². The summed E-state index contributed by atoms with van der Waals surface area (Å²) in [6, 6.07) is 10.5. The molecule has 0 saturated carbocycles. The van der Waals surface area contributed by atoms with Crippen LogP contribution in [-0.4, -0.2) is 9.97 Å². The molecule has 0 fully saturated rings. The van der Waals surface area contributed by atoms with Crippen molar-refractivity contribution < 1.29 is 0 Å². The van der Waals surface area contributed by atoms with Crippen LogP contribution in [0.2, 0.25) is 5.28 Å². The molecule has 2 heterocycles. The van der Waals surface area contributed by atoms with Gasteiger partial charge in [-0.05, 0) is 43.6 Å². The first-order valence-corrected chi connectivity index (χ1v) is 7.81. The number of aryl methyl sites for hydroxylation is 2. The second kappa shape index (κ2) is 5.12. The summed E-state index contributed by atoms with van der Waals surface area (Å²) >= 11 is 9.28. The van der Waals surface area contributed by atoms with Gasteiger partial charge in [0.25, 0.3) is 0 Å². The maximum atomic E-state index is 6.00. The summed E-state index contributed by atoms with van der Waals surface area (Å²) in [5.41, 5.74) is 1.24. The summed E-state index contributed by atoms with van der Waals surface area (Å²) in [5.74, 6) is 0. The van der Waals surface area contributed by atoms with Crippen LogP contribution in [0.25, 0.3) is 10.2 Å². The Morgan fingerprint density at radius 3 is 2.79 bits per heavy atom. The standard InChI is InChI=1S/C14H11ClN2S2/c1-8-4-3-5-10(6-8)19-13-11-7-9(2)18-12(11)16-14(15)17-13/h3-7H,1-2H3. The maximum Gasteiger partial charge on any atom is 0.224 e. The predicted octanol–water partition coefficient (Wildman–Crippen LogP) is 5.11. The molecule has 0 bridgehead atoms. The van der Waals surface area contributed by atoms with Crippen molar-refractivity contribution in [3.63, 3.8) is 0 Å². The summed E-state index contributed by atoms with van der Waals surface area (Å²) in [5, 5.41) is 2.31. The van der Waals surface area contributed by atoms with Crippen molar-refractivity contribution in [2.75, 3.05) is 0 Å². The van der Waals surface area contributed by atoms with Gasteiger partial charge in [0.15, 0.2) is 0 Å². The third-order valence-electron chi connectivity index (χ3n) is 2.66. The molecule has 19 heavy (non-hydrogen) atoms. The number of fused-ring (bicyclic) bond motifs is 1. The highest BCUT2D eigenvalue weighted by atomic mass is 35.5. The molecule has 0 spiro atoms. The first kappa shape index (κ1) is 12.9. The van der Waals surface area contributed by atoms with Crippen molar-refractivity contribution in [1.82, 2.24) is 9.97 Å². The predicted molar refractivity (Wildman–Crippen MR) is 82.5 cm³/mol. The van der Waals surface area contributed by atoms with Crippen molar-refractivity contribution in [2.24, 2.45) is 0 Å². The number of halogens is 1. The van der Waals surface area contributed by atoms with Gasteiger partial charge in [0.1, 0.15) is 9.86 Å². The van der Waals surface area contributed by atoms with Gasteiger partial charge in [-0.15, -0.1) is 11.3 Å². The molecule has 1 aromatic carbocycles. The van der Waals surface area contributed by atoms with Gasteiger partial charge in [0, 0.05) is 15.2 Å². The Balaban J connectivity index is 2.09. The maximum absolute atomic E-state index is 6.00. The Hall–Kier alpha value is -1.10. The van der Waals surface area contributed by atoms with Crippen LogP contribution in [0.5, 0.6) is 0 Å². The van der Waals surface area contributed by atoms with Gasteiger partial charge >= 0.3 is 0 Å². The van der Waals surface area contributed by atoms with Gasteiger partial charge in [0.2, 0.25) is 5.28 Å². The van der Waals surface area contributed by atoms with Crippen LogP contribution in [0, 0.1) is 13.8 Å². The smallest absolute Gasteiger partial charge is 0.210 e. The van der Waals surface area contributed by atoms with E-state index in [-0.39, 0.29) is 0 Å². The summed E-state index contributed by atoms with van der Waals surface area (Å²) in [6.45, 7) is 4.16. The van der Waals surface area contributed by atoms with Crippen LogP contribution < -0.4 is 0 Å². The van der Waals surface area contributed by atoms with Crippen LogP contribution in [0.3, 0.4) is 0 Å². The molecule has 96 valence electrons. The molecule has 3 rings (SSSR count). The highest BCUT2D eigenvalue weighted by Crippen LogP contribution is 2.35. The Kier molecular flexibility index (Phi) is 3.48. The number of nitrogens with zero attached hydrogens (tertiary/aromatic N) is 2. The number of rotatable bonds is 2.